The summed E-state index contributed by atoms with van der Waals surface area (Å²) in [5.74, 6) is -0.682. The lowest BCUT2D eigenvalue weighted by atomic mass is 10.1. The Balaban J connectivity index is 1.73. The monoisotopic (exact) mass is 415 g/mol. The quantitative estimate of drug-likeness (QED) is 0.638. The van der Waals surface area contributed by atoms with Crippen molar-refractivity contribution < 1.29 is 27.5 Å². The molecule has 0 bridgehead atoms. The van der Waals surface area contributed by atoms with Gasteiger partial charge in [-0.3, -0.25) is 14.6 Å². The minimum Gasteiger partial charge on any atom is -0.494 e. The molecule has 0 aliphatic rings. The fourth-order valence-corrected chi connectivity index (χ4v) is 2.58. The molecule has 154 valence electrons. The van der Waals surface area contributed by atoms with E-state index in [4.69, 9.17) is 4.74 Å². The number of rotatable bonds is 5. The number of benzene rings is 2. The normalized spacial score (nSPS) is 10.9. The van der Waals surface area contributed by atoms with E-state index in [2.05, 4.69) is 15.6 Å². The minimum atomic E-state index is -4.47. The third-order valence-corrected chi connectivity index (χ3v) is 4.11. The summed E-state index contributed by atoms with van der Waals surface area (Å²) in [5.41, 5.74) is 0.305. The molecule has 0 radical (unpaired) electrons. The van der Waals surface area contributed by atoms with Gasteiger partial charge in [-0.1, -0.05) is 0 Å². The van der Waals surface area contributed by atoms with Crippen molar-refractivity contribution in [2.45, 2.75) is 6.18 Å². The highest BCUT2D eigenvalue weighted by Gasteiger charge is 2.30. The number of carbonyl (C=O) groups is 2. The van der Waals surface area contributed by atoms with E-state index in [0.29, 0.717) is 16.9 Å². The third kappa shape index (κ3) is 4.93. The summed E-state index contributed by atoms with van der Waals surface area (Å²) in [6.45, 7) is 0. The van der Waals surface area contributed by atoms with E-state index in [1.54, 1.807) is 18.3 Å². The molecule has 2 aromatic carbocycles. The third-order valence-electron chi connectivity index (χ3n) is 4.11. The van der Waals surface area contributed by atoms with Crippen molar-refractivity contribution in [3.8, 4) is 5.75 Å². The first-order chi connectivity index (χ1) is 14.3. The summed E-state index contributed by atoms with van der Waals surface area (Å²) in [5, 5.41) is 5.27. The molecule has 0 unspecified atom stereocenters. The van der Waals surface area contributed by atoms with Gasteiger partial charge in [0.05, 0.1) is 23.9 Å². The highest BCUT2D eigenvalue weighted by molar-refractivity contribution is 6.06. The summed E-state index contributed by atoms with van der Waals surface area (Å²) in [7, 11) is 1.40. The SMILES string of the molecule is COc1cc(NC(=O)c2ccc(C(F)(F)F)cc2)ccc1NC(=O)c1cccnc1. The average molecular weight is 415 g/mol. The van der Waals surface area contributed by atoms with Crippen LogP contribution in [-0.4, -0.2) is 23.9 Å². The number of hydrogen-bond donors (Lipinski definition) is 2. The van der Waals surface area contributed by atoms with E-state index in [1.165, 1.54) is 31.5 Å². The molecule has 9 heteroatoms. The van der Waals surface area contributed by atoms with Crippen LogP contribution in [0.5, 0.6) is 5.75 Å². The largest absolute Gasteiger partial charge is 0.494 e. The lowest BCUT2D eigenvalue weighted by molar-refractivity contribution is -0.137. The number of anilines is 2. The molecule has 6 nitrogen and oxygen atoms in total. The number of carbonyl (C=O) groups excluding carboxylic acids is 2. The number of methoxy groups -OCH3 is 1. The van der Waals surface area contributed by atoms with Crippen LogP contribution in [-0.2, 0) is 6.18 Å². The first kappa shape index (κ1) is 20.8. The molecular weight excluding hydrogens is 399 g/mol. The van der Waals surface area contributed by atoms with E-state index in [0.717, 1.165) is 24.3 Å². The number of ether oxygens (including phenoxy) is 1. The van der Waals surface area contributed by atoms with Gasteiger partial charge in [0.1, 0.15) is 5.75 Å². The number of aromatic nitrogens is 1. The Kier molecular flexibility index (Phi) is 6.01. The van der Waals surface area contributed by atoms with Crippen molar-refractivity contribution in [2.24, 2.45) is 0 Å². The van der Waals surface area contributed by atoms with Crippen molar-refractivity contribution >= 4 is 23.2 Å². The predicted octanol–water partition coefficient (Wildman–Crippen LogP) is 4.61. The Bertz CT molecular complexity index is 1050. The Morgan fingerprint density at radius 1 is 0.933 bits per heavy atom. The standard InChI is InChI=1S/C21H16F3N3O3/c1-30-18-11-16(8-9-17(18)27-20(29)14-3-2-10-25-12-14)26-19(28)13-4-6-15(7-5-13)21(22,23)24/h2-12H,1H3,(H,26,28)(H,27,29). The lowest BCUT2D eigenvalue weighted by Crippen LogP contribution is -2.14. The Morgan fingerprint density at radius 3 is 2.23 bits per heavy atom. The van der Waals surface area contributed by atoms with Crippen LogP contribution < -0.4 is 15.4 Å². The smallest absolute Gasteiger partial charge is 0.416 e. The second kappa shape index (κ2) is 8.64. The zero-order valence-corrected chi connectivity index (χ0v) is 15.7. The number of amides is 2. The second-order valence-corrected chi connectivity index (χ2v) is 6.14. The topological polar surface area (TPSA) is 80.3 Å². The van der Waals surface area contributed by atoms with Crippen LogP contribution in [0.25, 0.3) is 0 Å². The van der Waals surface area contributed by atoms with Crippen molar-refractivity contribution in [1.82, 2.24) is 4.98 Å². The van der Waals surface area contributed by atoms with Gasteiger partial charge in [-0.25, -0.2) is 0 Å². The molecule has 2 amide bonds. The van der Waals surface area contributed by atoms with Gasteiger partial charge in [-0.05, 0) is 48.5 Å². The van der Waals surface area contributed by atoms with Crippen LogP contribution in [0, 0.1) is 0 Å². The Morgan fingerprint density at radius 2 is 1.63 bits per heavy atom. The Hall–Kier alpha value is -3.88. The van der Waals surface area contributed by atoms with Crippen LogP contribution in [0.1, 0.15) is 26.3 Å². The minimum absolute atomic E-state index is 0.0657. The summed E-state index contributed by atoms with van der Waals surface area (Å²) in [6.07, 6.45) is -1.51. The van der Waals surface area contributed by atoms with Crippen LogP contribution in [0.3, 0.4) is 0 Å². The van der Waals surface area contributed by atoms with Crippen molar-refractivity contribution in [2.75, 3.05) is 17.7 Å². The fraction of sp³-hybridized carbons (Fsp3) is 0.0952. The molecule has 2 N–H and O–H groups in total. The van der Waals surface area contributed by atoms with Crippen LogP contribution >= 0.6 is 0 Å². The van der Waals surface area contributed by atoms with Gasteiger partial charge in [-0.2, -0.15) is 13.2 Å². The number of halogens is 3. The van der Waals surface area contributed by atoms with E-state index in [1.807, 2.05) is 0 Å². The summed E-state index contributed by atoms with van der Waals surface area (Å²) < 4.78 is 43.2. The number of pyridine rings is 1. The highest BCUT2D eigenvalue weighted by atomic mass is 19.4. The molecule has 1 aromatic heterocycles. The van der Waals surface area contributed by atoms with Gasteiger partial charge in [0, 0.05) is 29.7 Å². The molecule has 0 atom stereocenters. The molecule has 0 saturated heterocycles. The Labute approximate surface area is 169 Å². The molecule has 30 heavy (non-hydrogen) atoms. The van der Waals surface area contributed by atoms with Crippen molar-refractivity contribution in [3.05, 3.63) is 83.7 Å². The van der Waals surface area contributed by atoms with E-state index < -0.39 is 17.6 Å². The average Bonchev–Trinajstić information content (AvgIpc) is 2.74. The van der Waals surface area contributed by atoms with Gasteiger partial charge in [0.15, 0.2) is 0 Å². The molecular formula is C21H16F3N3O3. The summed E-state index contributed by atoms with van der Waals surface area (Å²) in [6, 6.07) is 11.7. The van der Waals surface area contributed by atoms with Gasteiger partial charge < -0.3 is 15.4 Å². The molecule has 0 aliphatic carbocycles. The van der Waals surface area contributed by atoms with Crippen LogP contribution in [0.15, 0.2) is 67.0 Å². The van der Waals surface area contributed by atoms with Crippen LogP contribution in [0.2, 0.25) is 0 Å². The molecule has 1 heterocycles. The van der Waals surface area contributed by atoms with Gasteiger partial charge in [0.2, 0.25) is 0 Å². The molecule has 0 aliphatic heterocycles. The summed E-state index contributed by atoms with van der Waals surface area (Å²) in [4.78, 5) is 28.5. The van der Waals surface area contributed by atoms with Gasteiger partial charge >= 0.3 is 6.18 Å². The molecule has 3 aromatic rings. The lowest BCUT2D eigenvalue weighted by Gasteiger charge is -2.13. The first-order valence-corrected chi connectivity index (χ1v) is 8.66. The molecule has 0 fully saturated rings. The van der Waals surface area contributed by atoms with E-state index in [-0.39, 0.29) is 17.2 Å². The molecule has 3 rings (SSSR count). The van der Waals surface area contributed by atoms with Crippen LogP contribution in [0.4, 0.5) is 24.5 Å². The number of hydrogen-bond acceptors (Lipinski definition) is 4. The highest BCUT2D eigenvalue weighted by Crippen LogP contribution is 2.30. The van der Waals surface area contributed by atoms with Gasteiger partial charge in [-0.15, -0.1) is 0 Å². The predicted molar refractivity (Wildman–Crippen MR) is 105 cm³/mol. The van der Waals surface area contributed by atoms with E-state index in [9.17, 15) is 22.8 Å². The zero-order chi connectivity index (χ0) is 21.7. The maximum atomic E-state index is 12.6. The maximum Gasteiger partial charge on any atom is 0.416 e. The second-order valence-electron chi connectivity index (χ2n) is 6.14. The first-order valence-electron chi connectivity index (χ1n) is 8.66. The van der Waals surface area contributed by atoms with Gasteiger partial charge in [0.25, 0.3) is 11.8 Å². The molecule has 0 spiro atoms. The van der Waals surface area contributed by atoms with E-state index >= 15 is 0 Å². The number of nitrogens with one attached hydrogen (secondary N) is 2. The maximum absolute atomic E-state index is 12.6. The number of nitrogens with zero attached hydrogens (tertiary/aromatic N) is 1. The zero-order valence-electron chi connectivity index (χ0n) is 15.7. The van der Waals surface area contributed by atoms with Crippen molar-refractivity contribution in [3.63, 3.8) is 0 Å². The fourth-order valence-electron chi connectivity index (χ4n) is 2.58. The van der Waals surface area contributed by atoms with Crippen molar-refractivity contribution in [1.29, 1.82) is 0 Å². The summed E-state index contributed by atoms with van der Waals surface area (Å²) >= 11 is 0. The number of alkyl halides is 3. The molecule has 0 saturated carbocycles.